The van der Waals surface area contributed by atoms with E-state index in [-0.39, 0.29) is 0 Å². The molecule has 0 atom stereocenters. The fraction of sp³-hybridized carbons (Fsp3) is 0. The van der Waals surface area contributed by atoms with E-state index in [9.17, 15) is 0 Å². The average molecular weight is 525 g/mol. The molecule has 0 radical (unpaired) electrons. The zero-order valence-electron chi connectivity index (χ0n) is 22.2. The largest absolute Gasteiger partial charge is 0.435 e. The van der Waals surface area contributed by atoms with Crippen molar-refractivity contribution in [3.05, 3.63) is 146 Å². The van der Waals surface area contributed by atoms with Crippen LogP contribution in [0.4, 0.5) is 0 Å². The quantitative estimate of drug-likeness (QED) is 0.215. The molecular weight excluding hydrogens is 500 g/mol. The van der Waals surface area contributed by atoms with Gasteiger partial charge in [0.25, 0.3) is 0 Å². The minimum atomic E-state index is 0.514. The van der Waals surface area contributed by atoms with Crippen molar-refractivity contribution in [3.63, 3.8) is 0 Å². The maximum atomic E-state index is 6.20. The van der Waals surface area contributed by atoms with E-state index in [4.69, 9.17) is 14.4 Å². The lowest BCUT2D eigenvalue weighted by Gasteiger charge is -2.13. The van der Waals surface area contributed by atoms with E-state index in [1.165, 1.54) is 32.7 Å². The summed E-state index contributed by atoms with van der Waals surface area (Å²) in [5.41, 5.74) is 8.79. The molecule has 3 heteroatoms. The number of benzene rings is 6. The van der Waals surface area contributed by atoms with E-state index in [1.807, 2.05) is 30.3 Å². The Morgan fingerprint density at radius 3 is 1.83 bits per heavy atom. The molecule has 8 rings (SSSR count). The normalized spacial score (nSPS) is 11.4. The van der Waals surface area contributed by atoms with E-state index in [2.05, 4.69) is 115 Å². The third kappa shape index (κ3) is 4.16. The van der Waals surface area contributed by atoms with Crippen LogP contribution in [0.3, 0.4) is 0 Å². The molecule has 0 saturated heterocycles. The van der Waals surface area contributed by atoms with Crippen LogP contribution in [0.5, 0.6) is 0 Å². The van der Waals surface area contributed by atoms with Gasteiger partial charge in [-0.3, -0.25) is 0 Å². The summed E-state index contributed by atoms with van der Waals surface area (Å²) in [6.07, 6.45) is 0. The molecule has 8 aromatic rings. The smallest absolute Gasteiger partial charge is 0.246 e. The molecule has 0 aliphatic rings. The van der Waals surface area contributed by atoms with Crippen LogP contribution < -0.4 is 0 Å². The Kier molecular flexibility index (Phi) is 5.46. The van der Waals surface area contributed by atoms with Crippen molar-refractivity contribution in [2.75, 3.05) is 0 Å². The Morgan fingerprint density at radius 2 is 1.02 bits per heavy atom. The molecule has 0 aliphatic heterocycles. The number of rotatable bonds is 4. The SMILES string of the molecule is c1ccc(-c2ccc(-c3cc(-c4nc5ccccc5o4)nc(-c4cc5ccccc5c5ccccc45)c3)cc2)cc1. The van der Waals surface area contributed by atoms with Crippen LogP contribution in [0.1, 0.15) is 0 Å². The van der Waals surface area contributed by atoms with Crippen LogP contribution >= 0.6 is 0 Å². The molecule has 0 aliphatic carbocycles. The van der Waals surface area contributed by atoms with Gasteiger partial charge in [-0.1, -0.05) is 115 Å². The predicted octanol–water partition coefficient (Wildman–Crippen LogP) is 10.2. The van der Waals surface area contributed by atoms with Crippen molar-refractivity contribution in [3.8, 4) is 45.1 Å². The highest BCUT2D eigenvalue weighted by molar-refractivity contribution is 6.13. The van der Waals surface area contributed by atoms with Gasteiger partial charge in [-0.05, 0) is 74.1 Å². The van der Waals surface area contributed by atoms with Crippen LogP contribution in [-0.4, -0.2) is 9.97 Å². The molecule has 192 valence electrons. The Balaban J connectivity index is 1.35. The summed E-state index contributed by atoms with van der Waals surface area (Å²) in [5, 5.41) is 4.80. The minimum Gasteiger partial charge on any atom is -0.435 e. The Bertz CT molecular complexity index is 2160. The van der Waals surface area contributed by atoms with Gasteiger partial charge in [0.1, 0.15) is 11.2 Å². The molecule has 6 aromatic carbocycles. The molecule has 41 heavy (non-hydrogen) atoms. The molecule has 2 aromatic heterocycles. The van der Waals surface area contributed by atoms with Crippen molar-refractivity contribution >= 4 is 32.6 Å². The maximum Gasteiger partial charge on any atom is 0.246 e. The first-order chi connectivity index (χ1) is 20.3. The van der Waals surface area contributed by atoms with Gasteiger partial charge in [0.2, 0.25) is 5.89 Å². The van der Waals surface area contributed by atoms with Crippen molar-refractivity contribution in [1.82, 2.24) is 9.97 Å². The number of fused-ring (bicyclic) bond motifs is 4. The zero-order valence-corrected chi connectivity index (χ0v) is 22.2. The molecule has 2 heterocycles. The fourth-order valence-electron chi connectivity index (χ4n) is 5.68. The fourth-order valence-corrected chi connectivity index (χ4v) is 5.68. The number of hydrogen-bond acceptors (Lipinski definition) is 3. The second-order valence-corrected chi connectivity index (χ2v) is 10.2. The Morgan fingerprint density at radius 1 is 0.415 bits per heavy atom. The summed E-state index contributed by atoms with van der Waals surface area (Å²) in [5.74, 6) is 0.514. The third-order valence-corrected chi connectivity index (χ3v) is 7.71. The van der Waals surface area contributed by atoms with Gasteiger partial charge in [-0.2, -0.15) is 0 Å². The number of para-hydroxylation sites is 2. The highest BCUT2D eigenvalue weighted by atomic mass is 16.3. The number of nitrogens with zero attached hydrogens (tertiary/aromatic N) is 2. The standard InChI is InChI=1S/C38H24N2O/c1-2-10-25(11-3-1)26-18-20-27(21-19-26)29-23-35(39-36(24-29)38-40-34-16-8-9-17-37(34)41-38)33-22-28-12-4-5-13-30(28)31-14-6-7-15-32(31)33/h1-24H. The number of hydrogen-bond donors (Lipinski definition) is 0. The van der Waals surface area contributed by atoms with Crippen molar-refractivity contribution in [1.29, 1.82) is 0 Å². The highest BCUT2D eigenvalue weighted by Gasteiger charge is 2.16. The molecule has 3 nitrogen and oxygen atoms in total. The van der Waals surface area contributed by atoms with Crippen molar-refractivity contribution < 1.29 is 4.42 Å². The molecule has 0 spiro atoms. The number of aromatic nitrogens is 2. The molecule has 0 amide bonds. The summed E-state index contributed by atoms with van der Waals surface area (Å²) in [4.78, 5) is 9.95. The Hall–Kier alpha value is -5.54. The monoisotopic (exact) mass is 524 g/mol. The van der Waals surface area contributed by atoms with Crippen LogP contribution in [0, 0.1) is 0 Å². The maximum absolute atomic E-state index is 6.20. The van der Waals surface area contributed by atoms with E-state index in [1.54, 1.807) is 0 Å². The lowest BCUT2D eigenvalue weighted by Crippen LogP contribution is -1.93. The molecular formula is C38H24N2O. The van der Waals surface area contributed by atoms with E-state index >= 15 is 0 Å². The molecule has 0 bridgehead atoms. The summed E-state index contributed by atoms with van der Waals surface area (Å²) in [7, 11) is 0. The summed E-state index contributed by atoms with van der Waals surface area (Å²) in [6.45, 7) is 0. The first-order valence-corrected chi connectivity index (χ1v) is 13.7. The number of oxazole rings is 1. The van der Waals surface area contributed by atoms with E-state index in [0.29, 0.717) is 11.6 Å². The third-order valence-electron chi connectivity index (χ3n) is 7.71. The second kappa shape index (κ2) is 9.58. The summed E-state index contributed by atoms with van der Waals surface area (Å²) < 4.78 is 6.20. The van der Waals surface area contributed by atoms with Gasteiger partial charge < -0.3 is 4.42 Å². The van der Waals surface area contributed by atoms with Gasteiger partial charge in [0.05, 0.1) is 5.69 Å². The van der Waals surface area contributed by atoms with Gasteiger partial charge in [0, 0.05) is 5.56 Å². The van der Waals surface area contributed by atoms with Crippen LogP contribution in [0.15, 0.2) is 150 Å². The average Bonchev–Trinajstić information content (AvgIpc) is 3.49. The van der Waals surface area contributed by atoms with Crippen molar-refractivity contribution in [2.24, 2.45) is 0 Å². The second-order valence-electron chi connectivity index (χ2n) is 10.2. The first-order valence-electron chi connectivity index (χ1n) is 13.7. The minimum absolute atomic E-state index is 0.514. The summed E-state index contributed by atoms with van der Waals surface area (Å²) in [6, 6.07) is 50.6. The van der Waals surface area contributed by atoms with E-state index < -0.39 is 0 Å². The Labute approximate surface area is 237 Å². The predicted molar refractivity (Wildman–Crippen MR) is 169 cm³/mol. The van der Waals surface area contributed by atoms with Crippen LogP contribution in [0.2, 0.25) is 0 Å². The molecule has 0 unspecified atom stereocenters. The van der Waals surface area contributed by atoms with Gasteiger partial charge in [0.15, 0.2) is 5.58 Å². The lowest BCUT2D eigenvalue weighted by atomic mass is 9.94. The molecule has 0 N–H and O–H groups in total. The highest BCUT2D eigenvalue weighted by Crippen LogP contribution is 2.37. The molecule has 0 saturated carbocycles. The topological polar surface area (TPSA) is 38.9 Å². The van der Waals surface area contributed by atoms with Gasteiger partial charge in [-0.15, -0.1) is 0 Å². The van der Waals surface area contributed by atoms with Crippen molar-refractivity contribution in [2.45, 2.75) is 0 Å². The zero-order chi connectivity index (χ0) is 27.2. The number of pyridine rings is 1. The van der Waals surface area contributed by atoms with Gasteiger partial charge >= 0.3 is 0 Å². The lowest BCUT2D eigenvalue weighted by molar-refractivity contribution is 0.617. The van der Waals surface area contributed by atoms with Gasteiger partial charge in [-0.25, -0.2) is 9.97 Å². The van der Waals surface area contributed by atoms with Crippen LogP contribution in [0.25, 0.3) is 77.7 Å². The van der Waals surface area contributed by atoms with E-state index in [0.717, 1.165) is 33.5 Å². The first kappa shape index (κ1) is 23.4. The van der Waals surface area contributed by atoms with Crippen LogP contribution in [-0.2, 0) is 0 Å². The molecule has 0 fully saturated rings. The summed E-state index contributed by atoms with van der Waals surface area (Å²) >= 11 is 0.